The molecule has 2 fully saturated rings. The highest BCUT2D eigenvalue weighted by molar-refractivity contribution is 6.32. The molecule has 1 saturated heterocycles. The van der Waals surface area contributed by atoms with Crippen molar-refractivity contribution in [2.45, 2.75) is 26.2 Å². The molecule has 0 unspecified atom stereocenters. The maximum absolute atomic E-state index is 12.7. The van der Waals surface area contributed by atoms with Gasteiger partial charge in [-0.2, -0.15) is 0 Å². The van der Waals surface area contributed by atoms with E-state index in [1.54, 1.807) is 25.3 Å². The molecule has 0 bridgehead atoms. The van der Waals surface area contributed by atoms with E-state index in [0.717, 1.165) is 24.8 Å². The zero-order valence-corrected chi connectivity index (χ0v) is 18.6. The Morgan fingerprint density at radius 1 is 1.16 bits per heavy atom. The summed E-state index contributed by atoms with van der Waals surface area (Å²) in [7, 11) is 1.55. The zero-order valence-electron chi connectivity index (χ0n) is 17.8. The zero-order chi connectivity index (χ0) is 22.0. The molecule has 2 aromatic rings. The summed E-state index contributed by atoms with van der Waals surface area (Å²) in [5.41, 5.74) is 1.83. The number of benzene rings is 2. The number of ether oxygens (including phenoxy) is 2. The van der Waals surface area contributed by atoms with Crippen molar-refractivity contribution in [3.8, 4) is 11.5 Å². The number of methoxy groups -OCH3 is 1. The Balaban J connectivity index is 1.25. The third kappa shape index (κ3) is 4.79. The molecule has 6 nitrogen and oxygen atoms in total. The fourth-order valence-corrected chi connectivity index (χ4v) is 4.57. The summed E-state index contributed by atoms with van der Waals surface area (Å²) in [5, 5.41) is 3.43. The van der Waals surface area contributed by atoms with Crippen molar-refractivity contribution >= 4 is 29.1 Å². The van der Waals surface area contributed by atoms with E-state index in [1.807, 2.05) is 36.1 Å². The predicted octanol–water partition coefficient (Wildman–Crippen LogP) is 4.30. The Kier molecular flexibility index (Phi) is 6.10. The molecule has 4 rings (SSSR count). The van der Waals surface area contributed by atoms with Gasteiger partial charge >= 0.3 is 0 Å². The van der Waals surface area contributed by atoms with Crippen LogP contribution in [0.3, 0.4) is 0 Å². The van der Waals surface area contributed by atoms with Crippen LogP contribution in [0, 0.1) is 18.3 Å². The van der Waals surface area contributed by atoms with Crippen LogP contribution < -0.4 is 14.8 Å². The van der Waals surface area contributed by atoms with E-state index in [4.69, 9.17) is 21.1 Å². The first-order valence-electron chi connectivity index (χ1n) is 10.5. The van der Waals surface area contributed by atoms with Gasteiger partial charge in [-0.3, -0.25) is 9.59 Å². The fraction of sp³-hybridized carbons (Fsp3) is 0.417. The number of aryl methyl sites for hydroxylation is 1. The smallest absolute Gasteiger partial charge is 0.260 e. The van der Waals surface area contributed by atoms with Crippen LogP contribution in [0.2, 0.25) is 5.02 Å². The number of likely N-dealkylation sites (tertiary alicyclic amines) is 1. The lowest BCUT2D eigenvalue weighted by Gasteiger charge is -2.32. The summed E-state index contributed by atoms with van der Waals surface area (Å²) < 4.78 is 10.8. The first-order valence-corrected chi connectivity index (χ1v) is 10.9. The lowest BCUT2D eigenvalue weighted by Crippen LogP contribution is -2.42. The number of hydrogen-bond donors (Lipinski definition) is 1. The SMILES string of the molecule is COc1ccc(NC(=O)[C@H]2CC23CCN(C(=O)COc2ccc(C)cc2)CC3)cc1Cl. The third-order valence-electron chi connectivity index (χ3n) is 6.42. The molecule has 1 spiro atoms. The van der Waals surface area contributed by atoms with Crippen molar-refractivity contribution in [2.24, 2.45) is 11.3 Å². The highest BCUT2D eigenvalue weighted by atomic mass is 35.5. The lowest BCUT2D eigenvalue weighted by molar-refractivity contribution is -0.135. The minimum Gasteiger partial charge on any atom is -0.495 e. The minimum atomic E-state index is -0.0190. The highest BCUT2D eigenvalue weighted by Gasteiger charge is 2.58. The molecule has 164 valence electrons. The van der Waals surface area contributed by atoms with Gasteiger partial charge < -0.3 is 19.7 Å². The van der Waals surface area contributed by atoms with Gasteiger partial charge in [0.1, 0.15) is 11.5 Å². The largest absolute Gasteiger partial charge is 0.495 e. The molecule has 1 aliphatic carbocycles. The van der Waals surface area contributed by atoms with E-state index in [-0.39, 0.29) is 29.8 Å². The van der Waals surface area contributed by atoms with Crippen LogP contribution >= 0.6 is 11.6 Å². The average molecular weight is 443 g/mol. The Labute approximate surface area is 187 Å². The molecule has 0 radical (unpaired) electrons. The van der Waals surface area contributed by atoms with E-state index >= 15 is 0 Å². The normalized spacial score (nSPS) is 19.1. The average Bonchev–Trinajstić information content (AvgIpc) is 3.47. The molecule has 31 heavy (non-hydrogen) atoms. The molecule has 0 aromatic heterocycles. The van der Waals surface area contributed by atoms with Gasteiger partial charge in [-0.15, -0.1) is 0 Å². The number of halogens is 1. The molecule has 1 saturated carbocycles. The topological polar surface area (TPSA) is 67.9 Å². The molecular weight excluding hydrogens is 416 g/mol. The van der Waals surface area contributed by atoms with Crippen LogP contribution in [-0.4, -0.2) is 43.5 Å². The van der Waals surface area contributed by atoms with Gasteiger partial charge in [0.2, 0.25) is 5.91 Å². The fourth-order valence-electron chi connectivity index (χ4n) is 4.32. The standard InChI is InChI=1S/C24H27ClN2O4/c1-16-3-6-18(7-4-16)31-15-22(28)27-11-9-24(10-12-27)14-19(24)23(29)26-17-5-8-21(30-2)20(25)13-17/h3-8,13,19H,9-12,14-15H2,1-2H3,(H,26,29)/t19-/m1/s1. The van der Waals surface area contributed by atoms with Gasteiger partial charge in [0, 0.05) is 24.7 Å². The van der Waals surface area contributed by atoms with Gasteiger partial charge in [-0.25, -0.2) is 0 Å². The van der Waals surface area contributed by atoms with Crippen molar-refractivity contribution < 1.29 is 19.1 Å². The van der Waals surface area contributed by atoms with E-state index in [2.05, 4.69) is 5.32 Å². The van der Waals surface area contributed by atoms with Crippen LogP contribution in [0.1, 0.15) is 24.8 Å². The van der Waals surface area contributed by atoms with Crippen LogP contribution in [0.15, 0.2) is 42.5 Å². The first kappa shape index (κ1) is 21.5. The van der Waals surface area contributed by atoms with E-state index in [0.29, 0.717) is 35.3 Å². The monoisotopic (exact) mass is 442 g/mol. The Bertz CT molecular complexity index is 968. The second kappa shape index (κ2) is 8.79. The minimum absolute atomic E-state index is 0.00887. The van der Waals surface area contributed by atoms with Crippen molar-refractivity contribution in [1.29, 1.82) is 0 Å². The maximum atomic E-state index is 12.7. The summed E-state index contributed by atoms with van der Waals surface area (Å²) in [4.78, 5) is 27.1. The summed E-state index contributed by atoms with van der Waals surface area (Å²) in [6.45, 7) is 3.37. The second-order valence-electron chi connectivity index (χ2n) is 8.44. The number of rotatable bonds is 6. The Hall–Kier alpha value is -2.73. The molecule has 1 N–H and O–H groups in total. The quantitative estimate of drug-likeness (QED) is 0.724. The van der Waals surface area contributed by atoms with Crippen LogP contribution in [-0.2, 0) is 9.59 Å². The molecular formula is C24H27ClN2O4. The number of carbonyl (C=O) groups excluding carboxylic acids is 2. The molecule has 7 heteroatoms. The van der Waals surface area contributed by atoms with Gasteiger partial charge in [0.05, 0.1) is 12.1 Å². The third-order valence-corrected chi connectivity index (χ3v) is 6.72. The van der Waals surface area contributed by atoms with E-state index in [1.165, 1.54) is 0 Å². The molecule has 1 atom stereocenters. The molecule has 2 aromatic carbocycles. The molecule has 1 heterocycles. The number of amides is 2. The highest BCUT2D eigenvalue weighted by Crippen LogP contribution is 2.59. The number of nitrogens with zero attached hydrogens (tertiary/aromatic N) is 1. The summed E-state index contributed by atoms with van der Waals surface area (Å²) >= 11 is 6.14. The summed E-state index contributed by atoms with van der Waals surface area (Å²) in [6.07, 6.45) is 2.54. The number of hydrogen-bond acceptors (Lipinski definition) is 4. The molecule has 2 amide bonds. The van der Waals surface area contributed by atoms with Gasteiger partial charge in [0.15, 0.2) is 6.61 Å². The molecule has 1 aliphatic heterocycles. The van der Waals surface area contributed by atoms with Crippen molar-refractivity contribution in [1.82, 2.24) is 4.90 Å². The van der Waals surface area contributed by atoms with E-state index in [9.17, 15) is 9.59 Å². The Morgan fingerprint density at radius 3 is 2.52 bits per heavy atom. The van der Waals surface area contributed by atoms with Crippen molar-refractivity contribution in [3.05, 3.63) is 53.1 Å². The van der Waals surface area contributed by atoms with Crippen LogP contribution in [0.4, 0.5) is 5.69 Å². The molecule has 2 aliphatic rings. The van der Waals surface area contributed by atoms with Crippen LogP contribution in [0.5, 0.6) is 11.5 Å². The van der Waals surface area contributed by atoms with E-state index < -0.39 is 0 Å². The first-order chi connectivity index (χ1) is 14.9. The number of anilines is 1. The number of carbonyl (C=O) groups is 2. The number of piperidine rings is 1. The van der Waals surface area contributed by atoms with Gasteiger partial charge in [0.25, 0.3) is 5.91 Å². The van der Waals surface area contributed by atoms with Crippen molar-refractivity contribution in [2.75, 3.05) is 32.1 Å². The lowest BCUT2D eigenvalue weighted by atomic mass is 9.90. The van der Waals surface area contributed by atoms with Crippen molar-refractivity contribution in [3.63, 3.8) is 0 Å². The summed E-state index contributed by atoms with van der Waals surface area (Å²) in [5.74, 6) is 1.26. The second-order valence-corrected chi connectivity index (χ2v) is 8.85. The summed E-state index contributed by atoms with van der Waals surface area (Å²) in [6, 6.07) is 12.9. The van der Waals surface area contributed by atoms with Crippen LogP contribution in [0.25, 0.3) is 0 Å². The van der Waals surface area contributed by atoms with Gasteiger partial charge in [-0.05, 0) is 61.9 Å². The van der Waals surface area contributed by atoms with Gasteiger partial charge in [-0.1, -0.05) is 29.3 Å². The predicted molar refractivity (Wildman–Crippen MR) is 120 cm³/mol. The maximum Gasteiger partial charge on any atom is 0.260 e. The Morgan fingerprint density at radius 2 is 1.87 bits per heavy atom. The number of nitrogens with one attached hydrogen (secondary N) is 1.